The minimum Gasteiger partial charge on any atom is -0.486 e. The number of aromatic nitrogens is 3. The largest absolute Gasteiger partial charge is 0.486 e. The first-order chi connectivity index (χ1) is 11.6. The maximum atomic E-state index is 14.2. The highest BCUT2D eigenvalue weighted by molar-refractivity contribution is 6.31. The second kappa shape index (κ2) is 6.67. The number of aromatic amines is 1. The molecular weight excluding hydrogens is 335 g/mol. The van der Waals surface area contributed by atoms with Gasteiger partial charge in [-0.1, -0.05) is 29.8 Å². The molecule has 1 amide bonds. The number of ether oxygens (including phenoxy) is 1. The summed E-state index contributed by atoms with van der Waals surface area (Å²) in [6.07, 6.45) is 0. The third-order valence-electron chi connectivity index (χ3n) is 3.33. The monoisotopic (exact) mass is 346 g/mol. The van der Waals surface area contributed by atoms with Gasteiger partial charge in [0.25, 0.3) is 5.91 Å². The van der Waals surface area contributed by atoms with Crippen molar-refractivity contribution in [2.24, 2.45) is 5.73 Å². The Hall–Kier alpha value is -2.93. The van der Waals surface area contributed by atoms with Gasteiger partial charge in [0, 0.05) is 16.1 Å². The van der Waals surface area contributed by atoms with E-state index in [1.807, 2.05) is 6.07 Å². The van der Waals surface area contributed by atoms with Crippen LogP contribution in [0.4, 0.5) is 4.39 Å². The van der Waals surface area contributed by atoms with Crippen LogP contribution in [0.2, 0.25) is 5.02 Å². The van der Waals surface area contributed by atoms with Crippen molar-refractivity contribution in [1.82, 2.24) is 15.4 Å². The van der Waals surface area contributed by atoms with Crippen LogP contribution in [0.3, 0.4) is 0 Å². The quantitative estimate of drug-likeness (QED) is 0.742. The average molecular weight is 347 g/mol. The first-order valence-electron chi connectivity index (χ1n) is 6.93. The molecule has 3 aromatic rings. The van der Waals surface area contributed by atoms with Gasteiger partial charge in [0.05, 0.1) is 0 Å². The van der Waals surface area contributed by atoms with Crippen molar-refractivity contribution in [3.05, 3.63) is 64.6 Å². The zero-order valence-corrected chi connectivity index (χ0v) is 13.0. The Balaban J connectivity index is 1.81. The van der Waals surface area contributed by atoms with Crippen LogP contribution >= 0.6 is 11.6 Å². The van der Waals surface area contributed by atoms with Gasteiger partial charge in [-0.05, 0) is 24.3 Å². The Kier molecular flexibility index (Phi) is 4.43. The standard InChI is InChI=1S/C16H12ClFN4O2/c17-11-4-2-1-3-10(11)8-24-13-6-5-9(7-12(13)18)14-15(16(19)23)21-22-20-14/h1-7H,8H2,(H2,19,23)(H,20,21,22). The molecule has 24 heavy (non-hydrogen) atoms. The molecule has 0 aliphatic carbocycles. The zero-order chi connectivity index (χ0) is 17.1. The summed E-state index contributed by atoms with van der Waals surface area (Å²) in [7, 11) is 0. The molecule has 6 nitrogen and oxygen atoms in total. The van der Waals surface area contributed by atoms with E-state index >= 15 is 0 Å². The van der Waals surface area contributed by atoms with Crippen molar-refractivity contribution in [1.29, 1.82) is 0 Å². The van der Waals surface area contributed by atoms with Gasteiger partial charge in [0.15, 0.2) is 17.3 Å². The smallest absolute Gasteiger partial charge is 0.271 e. The average Bonchev–Trinajstić information content (AvgIpc) is 3.05. The van der Waals surface area contributed by atoms with Crippen LogP contribution in [0.25, 0.3) is 11.3 Å². The molecular formula is C16H12ClFN4O2. The highest BCUT2D eigenvalue weighted by atomic mass is 35.5. The van der Waals surface area contributed by atoms with E-state index < -0.39 is 11.7 Å². The lowest BCUT2D eigenvalue weighted by atomic mass is 10.1. The van der Waals surface area contributed by atoms with E-state index in [0.717, 1.165) is 5.56 Å². The van der Waals surface area contributed by atoms with Gasteiger partial charge in [-0.15, -0.1) is 0 Å². The van der Waals surface area contributed by atoms with E-state index in [1.165, 1.54) is 12.1 Å². The molecule has 0 radical (unpaired) electrons. The fourth-order valence-corrected chi connectivity index (χ4v) is 2.33. The molecule has 3 rings (SSSR count). The lowest BCUT2D eigenvalue weighted by Gasteiger charge is -2.09. The molecule has 0 aliphatic heterocycles. The molecule has 1 aromatic heterocycles. The number of benzene rings is 2. The lowest BCUT2D eigenvalue weighted by molar-refractivity contribution is 0.0996. The van der Waals surface area contributed by atoms with Crippen molar-refractivity contribution < 1.29 is 13.9 Å². The molecule has 0 fully saturated rings. The summed E-state index contributed by atoms with van der Waals surface area (Å²) >= 11 is 6.03. The van der Waals surface area contributed by atoms with Gasteiger partial charge in [-0.3, -0.25) is 4.79 Å². The van der Waals surface area contributed by atoms with Crippen molar-refractivity contribution in [2.75, 3.05) is 0 Å². The number of carbonyl (C=O) groups excluding carboxylic acids is 1. The number of rotatable bonds is 5. The van der Waals surface area contributed by atoms with Crippen LogP contribution in [0.5, 0.6) is 5.75 Å². The number of halogens is 2. The maximum Gasteiger partial charge on any atom is 0.271 e. The summed E-state index contributed by atoms with van der Waals surface area (Å²) in [4.78, 5) is 11.3. The fraction of sp³-hybridized carbons (Fsp3) is 0.0625. The number of carbonyl (C=O) groups is 1. The zero-order valence-electron chi connectivity index (χ0n) is 12.3. The molecule has 0 spiro atoms. The van der Waals surface area contributed by atoms with Gasteiger partial charge in [0.1, 0.15) is 12.3 Å². The van der Waals surface area contributed by atoms with E-state index in [9.17, 15) is 9.18 Å². The van der Waals surface area contributed by atoms with E-state index in [0.29, 0.717) is 10.6 Å². The van der Waals surface area contributed by atoms with E-state index in [2.05, 4.69) is 15.4 Å². The number of nitrogens with two attached hydrogens (primary N) is 1. The molecule has 0 atom stereocenters. The molecule has 0 saturated heterocycles. The Morgan fingerprint density at radius 3 is 2.75 bits per heavy atom. The second-order valence-electron chi connectivity index (χ2n) is 4.91. The predicted octanol–water partition coefficient (Wildman–Crippen LogP) is 2.94. The molecule has 3 N–H and O–H groups in total. The van der Waals surface area contributed by atoms with Crippen molar-refractivity contribution in [3.63, 3.8) is 0 Å². The third-order valence-corrected chi connectivity index (χ3v) is 3.70. The third kappa shape index (κ3) is 3.21. The summed E-state index contributed by atoms with van der Waals surface area (Å²) < 4.78 is 19.7. The Morgan fingerprint density at radius 1 is 1.25 bits per heavy atom. The summed E-state index contributed by atoms with van der Waals surface area (Å²) in [6.45, 7) is 0.131. The summed E-state index contributed by atoms with van der Waals surface area (Å²) in [5.74, 6) is -1.29. The van der Waals surface area contributed by atoms with Crippen LogP contribution in [0, 0.1) is 5.82 Å². The summed E-state index contributed by atoms with van der Waals surface area (Å²) in [6, 6.07) is 11.4. The van der Waals surface area contributed by atoms with E-state index in [4.69, 9.17) is 22.1 Å². The van der Waals surface area contributed by atoms with Crippen LogP contribution in [-0.4, -0.2) is 21.3 Å². The van der Waals surface area contributed by atoms with Crippen LogP contribution < -0.4 is 10.5 Å². The number of primary amides is 1. The number of nitrogens with one attached hydrogen (secondary N) is 1. The normalized spacial score (nSPS) is 10.6. The van der Waals surface area contributed by atoms with Gasteiger partial charge in [-0.2, -0.15) is 15.4 Å². The first kappa shape index (κ1) is 15.9. The number of amides is 1. The number of nitrogens with zero attached hydrogens (tertiary/aromatic N) is 2. The highest BCUT2D eigenvalue weighted by Crippen LogP contribution is 2.27. The molecule has 0 saturated carbocycles. The summed E-state index contributed by atoms with van der Waals surface area (Å²) in [5.41, 5.74) is 6.43. The first-order valence-corrected chi connectivity index (χ1v) is 7.30. The number of hydrogen-bond donors (Lipinski definition) is 2. The molecule has 1 heterocycles. The van der Waals surface area contributed by atoms with Gasteiger partial charge < -0.3 is 10.5 Å². The van der Waals surface area contributed by atoms with Crippen molar-refractivity contribution in [3.8, 4) is 17.0 Å². The van der Waals surface area contributed by atoms with Crippen LogP contribution in [0.1, 0.15) is 16.1 Å². The van der Waals surface area contributed by atoms with Crippen molar-refractivity contribution >= 4 is 17.5 Å². The second-order valence-corrected chi connectivity index (χ2v) is 5.32. The molecule has 0 unspecified atom stereocenters. The highest BCUT2D eigenvalue weighted by Gasteiger charge is 2.17. The minimum absolute atomic E-state index is 0.0564. The Bertz CT molecular complexity index is 897. The summed E-state index contributed by atoms with van der Waals surface area (Å²) in [5, 5.41) is 10.3. The SMILES string of the molecule is NC(=O)c1n[nH]nc1-c1ccc(OCc2ccccc2Cl)c(F)c1. The molecule has 122 valence electrons. The molecule has 2 aromatic carbocycles. The van der Waals surface area contributed by atoms with Crippen LogP contribution in [0.15, 0.2) is 42.5 Å². The van der Waals surface area contributed by atoms with Gasteiger partial charge in [-0.25, -0.2) is 4.39 Å². The number of H-pyrrole nitrogens is 1. The molecule has 0 bridgehead atoms. The minimum atomic E-state index is -0.752. The topological polar surface area (TPSA) is 93.9 Å². The number of hydrogen-bond acceptors (Lipinski definition) is 4. The van der Waals surface area contributed by atoms with E-state index in [-0.39, 0.29) is 23.7 Å². The molecule has 0 aliphatic rings. The molecule has 8 heteroatoms. The van der Waals surface area contributed by atoms with Crippen LogP contribution in [-0.2, 0) is 6.61 Å². The van der Waals surface area contributed by atoms with E-state index in [1.54, 1.807) is 24.3 Å². The van der Waals surface area contributed by atoms with Crippen molar-refractivity contribution in [2.45, 2.75) is 6.61 Å². The Labute approximate surface area is 141 Å². The lowest BCUT2D eigenvalue weighted by Crippen LogP contribution is -2.12. The maximum absolute atomic E-state index is 14.2. The fourth-order valence-electron chi connectivity index (χ4n) is 2.14. The Morgan fingerprint density at radius 2 is 2.04 bits per heavy atom. The van der Waals surface area contributed by atoms with Gasteiger partial charge in [0.2, 0.25) is 0 Å². The van der Waals surface area contributed by atoms with Gasteiger partial charge >= 0.3 is 0 Å². The predicted molar refractivity (Wildman–Crippen MR) is 86.1 cm³/mol.